The molecule has 2 aromatic carbocycles. The molecular formula is C23H18F4N4S. The van der Waals surface area contributed by atoms with Crippen LogP contribution in [0.1, 0.15) is 5.56 Å². The van der Waals surface area contributed by atoms with E-state index in [0.29, 0.717) is 31.9 Å². The highest BCUT2D eigenvalue weighted by Gasteiger charge is 2.31. The van der Waals surface area contributed by atoms with Crippen LogP contribution in [-0.2, 0) is 6.18 Å². The summed E-state index contributed by atoms with van der Waals surface area (Å²) < 4.78 is 52.6. The predicted octanol–water partition coefficient (Wildman–Crippen LogP) is 5.84. The number of nitrogens with zero attached hydrogens (tertiary/aromatic N) is 4. The maximum Gasteiger partial charge on any atom is 0.416 e. The number of rotatable bonds is 3. The van der Waals surface area contributed by atoms with Crippen molar-refractivity contribution in [3.8, 4) is 11.1 Å². The predicted molar refractivity (Wildman–Crippen MR) is 119 cm³/mol. The number of fused-ring (bicyclic) bond motifs is 1. The quantitative estimate of drug-likeness (QED) is 0.361. The topological polar surface area (TPSA) is 32.3 Å². The summed E-state index contributed by atoms with van der Waals surface area (Å²) in [6, 6.07) is 11.8. The molecule has 1 aliphatic rings. The number of aromatic nitrogens is 2. The Hall–Kier alpha value is -3.20. The summed E-state index contributed by atoms with van der Waals surface area (Å²) in [5, 5.41) is 2.91. The Morgan fingerprint density at radius 2 is 1.59 bits per heavy atom. The van der Waals surface area contributed by atoms with Crippen LogP contribution in [-0.4, -0.2) is 36.1 Å². The Kier molecular flexibility index (Phi) is 5.21. The molecule has 0 spiro atoms. The van der Waals surface area contributed by atoms with E-state index < -0.39 is 11.7 Å². The number of thiophene rings is 1. The van der Waals surface area contributed by atoms with Crippen LogP contribution < -0.4 is 9.80 Å². The first-order valence-corrected chi connectivity index (χ1v) is 10.9. The standard InChI is InChI=1S/C23H18F4N4S/c24-17-6-4-15(5-7-17)19-13-32-22-20(19)21(28-14-29-22)31-10-8-30(9-11-31)18-3-1-2-16(12-18)23(25,26)27/h1-7,12-14H,8-11H2. The first-order chi connectivity index (χ1) is 15.4. The highest BCUT2D eigenvalue weighted by atomic mass is 32.1. The van der Waals surface area contributed by atoms with Gasteiger partial charge in [-0.1, -0.05) is 18.2 Å². The van der Waals surface area contributed by atoms with Crippen molar-refractivity contribution in [3.63, 3.8) is 0 Å². The Balaban J connectivity index is 1.41. The van der Waals surface area contributed by atoms with Crippen LogP contribution in [0.15, 0.2) is 60.2 Å². The smallest absolute Gasteiger partial charge is 0.368 e. The van der Waals surface area contributed by atoms with Crippen LogP contribution in [0.4, 0.5) is 29.1 Å². The lowest BCUT2D eigenvalue weighted by atomic mass is 10.1. The number of benzene rings is 2. The van der Waals surface area contributed by atoms with Gasteiger partial charge in [0, 0.05) is 42.8 Å². The third-order valence-corrected chi connectivity index (χ3v) is 6.51. The molecule has 0 bridgehead atoms. The highest BCUT2D eigenvalue weighted by Crippen LogP contribution is 2.38. The molecule has 1 saturated heterocycles. The van der Waals surface area contributed by atoms with Gasteiger partial charge in [0.15, 0.2) is 0 Å². The number of alkyl halides is 3. The number of halogens is 4. The second-order valence-corrected chi connectivity index (χ2v) is 8.41. The molecule has 32 heavy (non-hydrogen) atoms. The molecule has 1 aliphatic heterocycles. The fourth-order valence-corrected chi connectivity index (χ4v) is 4.91. The molecule has 5 rings (SSSR count). The summed E-state index contributed by atoms with van der Waals surface area (Å²) in [5.74, 6) is 0.495. The van der Waals surface area contributed by atoms with E-state index >= 15 is 0 Å². The van der Waals surface area contributed by atoms with Gasteiger partial charge in [-0.3, -0.25) is 0 Å². The van der Waals surface area contributed by atoms with E-state index in [1.54, 1.807) is 18.2 Å². The molecule has 0 unspecified atom stereocenters. The molecule has 0 aliphatic carbocycles. The molecule has 0 N–H and O–H groups in total. The zero-order valence-electron chi connectivity index (χ0n) is 16.8. The highest BCUT2D eigenvalue weighted by molar-refractivity contribution is 7.17. The lowest BCUT2D eigenvalue weighted by Crippen LogP contribution is -2.47. The molecule has 4 aromatic rings. The Morgan fingerprint density at radius 1 is 0.875 bits per heavy atom. The average molecular weight is 458 g/mol. The maximum absolute atomic E-state index is 13.4. The third-order valence-electron chi connectivity index (χ3n) is 5.62. The van der Waals surface area contributed by atoms with E-state index in [1.807, 2.05) is 10.3 Å². The minimum atomic E-state index is -4.36. The van der Waals surface area contributed by atoms with Crippen molar-refractivity contribution < 1.29 is 17.6 Å². The molecule has 0 radical (unpaired) electrons. The van der Waals surface area contributed by atoms with Crippen molar-refractivity contribution in [3.05, 3.63) is 71.6 Å². The molecule has 0 amide bonds. The van der Waals surface area contributed by atoms with Gasteiger partial charge in [0.25, 0.3) is 0 Å². The molecule has 9 heteroatoms. The Bertz CT molecular complexity index is 1250. The van der Waals surface area contributed by atoms with Gasteiger partial charge in [0.2, 0.25) is 0 Å². The fraction of sp³-hybridized carbons (Fsp3) is 0.217. The molecule has 4 nitrogen and oxygen atoms in total. The van der Waals surface area contributed by atoms with Gasteiger partial charge in [-0.05, 0) is 35.9 Å². The van der Waals surface area contributed by atoms with Crippen molar-refractivity contribution >= 4 is 33.1 Å². The lowest BCUT2D eigenvalue weighted by Gasteiger charge is -2.37. The van der Waals surface area contributed by atoms with Gasteiger partial charge in [-0.15, -0.1) is 11.3 Å². The van der Waals surface area contributed by atoms with Gasteiger partial charge >= 0.3 is 6.18 Å². The molecule has 0 saturated carbocycles. The molecule has 0 atom stereocenters. The van der Waals surface area contributed by atoms with Crippen molar-refractivity contribution in [2.75, 3.05) is 36.0 Å². The second-order valence-electron chi connectivity index (χ2n) is 7.56. The molecule has 2 aromatic heterocycles. The summed E-state index contributed by atoms with van der Waals surface area (Å²) in [6.07, 6.45) is -2.83. The van der Waals surface area contributed by atoms with Crippen LogP contribution in [0.25, 0.3) is 21.3 Å². The van der Waals surface area contributed by atoms with E-state index in [9.17, 15) is 17.6 Å². The third kappa shape index (κ3) is 3.88. The SMILES string of the molecule is Fc1ccc(-c2csc3ncnc(N4CCN(c5cccc(C(F)(F)F)c5)CC4)c23)cc1. The van der Waals surface area contributed by atoms with Crippen molar-refractivity contribution in [2.45, 2.75) is 6.18 Å². The lowest BCUT2D eigenvalue weighted by molar-refractivity contribution is -0.137. The van der Waals surface area contributed by atoms with Crippen molar-refractivity contribution in [1.29, 1.82) is 0 Å². The van der Waals surface area contributed by atoms with Gasteiger partial charge in [0.05, 0.1) is 10.9 Å². The number of piperazine rings is 1. The van der Waals surface area contributed by atoms with Gasteiger partial charge < -0.3 is 9.80 Å². The second kappa shape index (κ2) is 8.05. The van der Waals surface area contributed by atoms with Crippen LogP contribution >= 0.6 is 11.3 Å². The summed E-state index contributed by atoms with van der Waals surface area (Å²) in [5.41, 5.74) is 1.75. The first-order valence-electron chi connectivity index (χ1n) is 10.1. The minimum absolute atomic E-state index is 0.296. The molecule has 164 valence electrons. The summed E-state index contributed by atoms with van der Waals surface area (Å²) in [7, 11) is 0. The minimum Gasteiger partial charge on any atom is -0.368 e. The van der Waals surface area contributed by atoms with Crippen LogP contribution in [0.2, 0.25) is 0 Å². The first kappa shape index (κ1) is 20.7. The summed E-state index contributed by atoms with van der Waals surface area (Å²) in [4.78, 5) is 13.8. The Labute approximate surface area is 185 Å². The fourth-order valence-electron chi connectivity index (χ4n) is 4.00. The van der Waals surface area contributed by atoms with E-state index in [-0.39, 0.29) is 5.82 Å². The van der Waals surface area contributed by atoms with Crippen LogP contribution in [0.5, 0.6) is 0 Å². The van der Waals surface area contributed by atoms with Gasteiger partial charge in [-0.2, -0.15) is 13.2 Å². The van der Waals surface area contributed by atoms with Crippen LogP contribution in [0, 0.1) is 5.82 Å². The summed E-state index contributed by atoms with van der Waals surface area (Å²) in [6.45, 7) is 2.37. The number of hydrogen-bond acceptors (Lipinski definition) is 5. The number of anilines is 2. The summed E-state index contributed by atoms with van der Waals surface area (Å²) >= 11 is 1.50. The van der Waals surface area contributed by atoms with Crippen LogP contribution in [0.3, 0.4) is 0 Å². The van der Waals surface area contributed by atoms with E-state index in [2.05, 4.69) is 14.9 Å². The normalized spacial score (nSPS) is 14.9. The van der Waals surface area contributed by atoms with Crippen molar-refractivity contribution in [2.24, 2.45) is 0 Å². The maximum atomic E-state index is 13.4. The van der Waals surface area contributed by atoms with E-state index in [4.69, 9.17) is 0 Å². The van der Waals surface area contributed by atoms with E-state index in [0.717, 1.165) is 33.2 Å². The van der Waals surface area contributed by atoms with E-state index in [1.165, 1.54) is 41.9 Å². The van der Waals surface area contributed by atoms with Gasteiger partial charge in [0.1, 0.15) is 22.8 Å². The van der Waals surface area contributed by atoms with Gasteiger partial charge in [-0.25, -0.2) is 14.4 Å². The van der Waals surface area contributed by atoms with Crippen molar-refractivity contribution in [1.82, 2.24) is 9.97 Å². The molecule has 1 fully saturated rings. The molecular weight excluding hydrogens is 440 g/mol. The largest absolute Gasteiger partial charge is 0.416 e. The number of hydrogen-bond donors (Lipinski definition) is 0. The zero-order chi connectivity index (χ0) is 22.3. The average Bonchev–Trinajstić information content (AvgIpc) is 3.24. The zero-order valence-corrected chi connectivity index (χ0v) is 17.6. The monoisotopic (exact) mass is 458 g/mol. The Morgan fingerprint density at radius 3 is 2.31 bits per heavy atom. The molecule has 3 heterocycles.